The van der Waals surface area contributed by atoms with Crippen LogP contribution >= 0.6 is 0 Å². The number of nitrogens with zero attached hydrogens (tertiary/aromatic N) is 2. The molecule has 5 nitrogen and oxygen atoms in total. The van der Waals surface area contributed by atoms with E-state index in [4.69, 9.17) is 4.42 Å². The van der Waals surface area contributed by atoms with Crippen LogP contribution in [0.3, 0.4) is 0 Å². The zero-order chi connectivity index (χ0) is 14.3. The normalized spacial score (nSPS) is 10.7. The third-order valence-electron chi connectivity index (χ3n) is 2.33. The van der Waals surface area contributed by atoms with Crippen LogP contribution in [0.25, 0.3) is 11.5 Å². The number of aromatic nitrogens is 2. The summed E-state index contributed by atoms with van der Waals surface area (Å²) in [5, 5.41) is 7.19. The van der Waals surface area contributed by atoms with Gasteiger partial charge < -0.3 is 4.42 Å². The molecule has 0 aliphatic rings. The quantitative estimate of drug-likeness (QED) is 0.865. The Morgan fingerprint density at radius 2 is 1.74 bits per heavy atom. The molecule has 2 aromatic rings. The van der Waals surface area contributed by atoms with E-state index in [-0.39, 0.29) is 17.3 Å². The number of sulfone groups is 1. The van der Waals surface area contributed by atoms with Gasteiger partial charge in [-0.25, -0.2) is 12.8 Å². The summed E-state index contributed by atoms with van der Waals surface area (Å²) in [5.41, 5.74) is 0.717. The summed E-state index contributed by atoms with van der Waals surface area (Å²) >= 11 is 0. The van der Waals surface area contributed by atoms with Crippen molar-refractivity contribution >= 4 is 9.84 Å². The lowest BCUT2D eigenvalue weighted by atomic mass is 10.2. The summed E-state index contributed by atoms with van der Waals surface area (Å²) in [7, 11) is -2.66. The van der Waals surface area contributed by atoms with Crippen LogP contribution in [-0.2, 0) is 9.84 Å². The van der Waals surface area contributed by atoms with E-state index in [1.54, 1.807) is 26.0 Å². The molecule has 0 atom stereocenters. The molecule has 0 N–H and O–H groups in total. The number of rotatable bonds is 3. The Labute approximate surface area is 111 Å². The van der Waals surface area contributed by atoms with Crippen molar-refractivity contribution in [3.63, 3.8) is 0 Å². The van der Waals surface area contributed by atoms with Crippen LogP contribution in [0.5, 0.6) is 0 Å². The van der Waals surface area contributed by atoms with Gasteiger partial charge in [-0.15, -0.1) is 10.2 Å². The lowest BCUT2D eigenvalue weighted by Crippen LogP contribution is -2.04. The van der Waals surface area contributed by atoms with Crippen molar-refractivity contribution in [2.45, 2.75) is 13.8 Å². The second-order valence-electron chi connectivity index (χ2n) is 3.57. The summed E-state index contributed by atoms with van der Waals surface area (Å²) in [4.78, 5) is 0. The van der Waals surface area contributed by atoms with Crippen molar-refractivity contribution in [3.8, 4) is 11.5 Å². The lowest BCUT2D eigenvalue weighted by molar-refractivity contribution is 0.568. The molecule has 1 aromatic carbocycles. The molecular formula is C12H15FN2O3S. The molecule has 0 saturated heterocycles. The SMILES string of the molecule is CCS(=O)(=O)CC.Fc1ccc(-c2nnco2)cc1. The number of hydrogen-bond acceptors (Lipinski definition) is 5. The van der Waals surface area contributed by atoms with Gasteiger partial charge in [0.2, 0.25) is 12.3 Å². The van der Waals surface area contributed by atoms with Crippen LogP contribution in [0.15, 0.2) is 35.1 Å². The van der Waals surface area contributed by atoms with Gasteiger partial charge in [0.05, 0.1) is 0 Å². The third-order valence-corrected chi connectivity index (χ3v) is 4.09. The minimum Gasteiger partial charge on any atom is -0.423 e. The predicted octanol–water partition coefficient (Wildman–Crippen LogP) is 2.32. The molecule has 1 aromatic heterocycles. The predicted molar refractivity (Wildman–Crippen MR) is 69.7 cm³/mol. The molecule has 0 spiro atoms. The first-order valence-electron chi connectivity index (χ1n) is 5.71. The van der Waals surface area contributed by atoms with Gasteiger partial charge in [-0.05, 0) is 24.3 Å². The average molecular weight is 286 g/mol. The first-order valence-corrected chi connectivity index (χ1v) is 7.53. The highest BCUT2D eigenvalue weighted by molar-refractivity contribution is 7.91. The van der Waals surface area contributed by atoms with E-state index in [1.165, 1.54) is 18.5 Å². The maximum absolute atomic E-state index is 12.5. The van der Waals surface area contributed by atoms with Gasteiger partial charge >= 0.3 is 0 Å². The van der Waals surface area contributed by atoms with Gasteiger partial charge in [0.15, 0.2) is 0 Å². The fraction of sp³-hybridized carbons (Fsp3) is 0.333. The topological polar surface area (TPSA) is 73.1 Å². The van der Waals surface area contributed by atoms with E-state index >= 15 is 0 Å². The highest BCUT2D eigenvalue weighted by Crippen LogP contribution is 2.15. The van der Waals surface area contributed by atoms with Crippen molar-refractivity contribution in [3.05, 3.63) is 36.5 Å². The Kier molecular flexibility index (Phi) is 5.62. The van der Waals surface area contributed by atoms with Crippen LogP contribution in [0, 0.1) is 5.82 Å². The zero-order valence-electron chi connectivity index (χ0n) is 10.7. The van der Waals surface area contributed by atoms with Crippen molar-refractivity contribution < 1.29 is 17.2 Å². The van der Waals surface area contributed by atoms with E-state index < -0.39 is 9.84 Å². The first-order chi connectivity index (χ1) is 8.98. The molecule has 2 rings (SSSR count). The van der Waals surface area contributed by atoms with Crippen LogP contribution in [-0.4, -0.2) is 30.1 Å². The molecule has 0 radical (unpaired) electrons. The van der Waals surface area contributed by atoms with Gasteiger partial charge in [0, 0.05) is 17.1 Å². The molecule has 0 amide bonds. The van der Waals surface area contributed by atoms with Crippen molar-refractivity contribution in [1.29, 1.82) is 0 Å². The third kappa shape index (κ3) is 5.17. The molecule has 0 fully saturated rings. The molecule has 0 unspecified atom stereocenters. The Morgan fingerprint density at radius 1 is 1.16 bits per heavy atom. The number of halogens is 1. The van der Waals surface area contributed by atoms with E-state index in [9.17, 15) is 12.8 Å². The van der Waals surface area contributed by atoms with E-state index in [1.807, 2.05) is 0 Å². The molecular weight excluding hydrogens is 271 g/mol. The van der Waals surface area contributed by atoms with Gasteiger partial charge in [0.25, 0.3) is 0 Å². The second-order valence-corrected chi connectivity index (χ2v) is 6.21. The summed E-state index contributed by atoms with van der Waals surface area (Å²) < 4.78 is 38.1. The lowest BCUT2D eigenvalue weighted by Gasteiger charge is -1.91. The second kappa shape index (κ2) is 6.98. The minimum atomic E-state index is -2.66. The minimum absolute atomic E-state index is 0.267. The van der Waals surface area contributed by atoms with Crippen LogP contribution in [0.2, 0.25) is 0 Å². The molecule has 0 bridgehead atoms. The van der Waals surface area contributed by atoms with Crippen molar-refractivity contribution in [2.75, 3.05) is 11.5 Å². The fourth-order valence-corrected chi connectivity index (χ4v) is 1.50. The Bertz CT molecular complexity index is 570. The van der Waals surface area contributed by atoms with Crippen molar-refractivity contribution in [2.24, 2.45) is 0 Å². The largest absolute Gasteiger partial charge is 0.423 e. The van der Waals surface area contributed by atoms with Crippen molar-refractivity contribution in [1.82, 2.24) is 10.2 Å². The first kappa shape index (κ1) is 15.3. The maximum atomic E-state index is 12.5. The fourth-order valence-electron chi connectivity index (χ4n) is 1.10. The standard InChI is InChI=1S/C8H5FN2O.C4H10O2S/c9-7-3-1-6(2-4-7)8-11-10-5-12-8;1-3-7(5,6)4-2/h1-5H;3-4H2,1-2H3. The highest BCUT2D eigenvalue weighted by Gasteiger charge is 2.01. The Hall–Kier alpha value is -1.76. The van der Waals surface area contributed by atoms with Gasteiger partial charge in [-0.1, -0.05) is 13.8 Å². The molecule has 19 heavy (non-hydrogen) atoms. The van der Waals surface area contributed by atoms with Crippen LogP contribution in [0.1, 0.15) is 13.8 Å². The number of hydrogen-bond donors (Lipinski definition) is 0. The number of benzene rings is 1. The molecule has 0 saturated carbocycles. The summed E-state index contributed by atoms with van der Waals surface area (Å²) in [5.74, 6) is 0.653. The van der Waals surface area contributed by atoms with Gasteiger partial charge in [-0.2, -0.15) is 0 Å². The smallest absolute Gasteiger partial charge is 0.247 e. The van der Waals surface area contributed by atoms with Crippen LogP contribution < -0.4 is 0 Å². The summed E-state index contributed by atoms with van der Waals surface area (Å²) in [6.45, 7) is 3.30. The molecule has 7 heteroatoms. The summed E-state index contributed by atoms with van der Waals surface area (Å²) in [6, 6.07) is 5.87. The molecule has 0 aliphatic carbocycles. The maximum Gasteiger partial charge on any atom is 0.247 e. The monoisotopic (exact) mass is 286 g/mol. The van der Waals surface area contributed by atoms with Gasteiger partial charge in [0.1, 0.15) is 15.7 Å². The Morgan fingerprint density at radius 3 is 2.11 bits per heavy atom. The van der Waals surface area contributed by atoms with Gasteiger partial charge in [-0.3, -0.25) is 0 Å². The molecule has 1 heterocycles. The molecule has 0 aliphatic heterocycles. The average Bonchev–Trinajstić information content (AvgIpc) is 2.94. The van der Waals surface area contributed by atoms with E-state index in [2.05, 4.69) is 10.2 Å². The highest BCUT2D eigenvalue weighted by atomic mass is 32.2. The van der Waals surface area contributed by atoms with E-state index in [0.29, 0.717) is 11.5 Å². The zero-order valence-corrected chi connectivity index (χ0v) is 11.5. The summed E-state index contributed by atoms with van der Waals surface area (Å²) in [6.07, 6.45) is 1.23. The molecule has 104 valence electrons. The van der Waals surface area contributed by atoms with E-state index in [0.717, 1.165) is 0 Å². The Balaban J connectivity index is 0.000000224. The van der Waals surface area contributed by atoms with Crippen LogP contribution in [0.4, 0.5) is 4.39 Å².